The number of carbonyl (C=O) groups is 1. The number of nitrogens with zero attached hydrogens (tertiary/aromatic N) is 5. The molecule has 1 aromatic carbocycles. The van der Waals surface area contributed by atoms with E-state index in [0.29, 0.717) is 17.7 Å². The summed E-state index contributed by atoms with van der Waals surface area (Å²) in [6.07, 6.45) is 11.6. The average Bonchev–Trinajstić information content (AvgIpc) is 3.21. The van der Waals surface area contributed by atoms with Crippen molar-refractivity contribution in [1.82, 2.24) is 15.3 Å². The number of rotatable bonds is 6. The maximum absolute atomic E-state index is 13.0. The first-order valence-electron chi connectivity index (χ1n) is 10.1. The molecule has 150 valence electrons. The molecule has 4 rings (SSSR count). The summed E-state index contributed by atoms with van der Waals surface area (Å²) in [6.45, 7) is 2.05. The molecule has 8 nitrogen and oxygen atoms in total. The van der Waals surface area contributed by atoms with E-state index >= 15 is 0 Å². The fourth-order valence-electron chi connectivity index (χ4n) is 3.64. The van der Waals surface area contributed by atoms with Crippen LogP contribution in [0.5, 0.6) is 0 Å². The van der Waals surface area contributed by atoms with E-state index in [1.54, 1.807) is 30.9 Å². The fraction of sp³-hybridized carbons (Fsp3) is 0.381. The Morgan fingerprint density at radius 2 is 1.90 bits per heavy atom. The van der Waals surface area contributed by atoms with Gasteiger partial charge in [0.05, 0.1) is 29.3 Å². The lowest BCUT2D eigenvalue weighted by Crippen LogP contribution is -2.43. The number of carbonyl (C=O) groups excluding carboxylic acids is 1. The molecule has 1 amide bonds. The molecule has 1 aromatic heterocycles. The monoisotopic (exact) mass is 391 g/mol. The van der Waals surface area contributed by atoms with Crippen LogP contribution in [-0.4, -0.2) is 40.4 Å². The number of anilines is 2. The highest BCUT2D eigenvalue weighted by atomic mass is 16.1. The Bertz CT molecular complexity index is 898. The van der Waals surface area contributed by atoms with Gasteiger partial charge in [0.1, 0.15) is 5.82 Å². The molecule has 1 aliphatic heterocycles. The van der Waals surface area contributed by atoms with Crippen LogP contribution in [0.3, 0.4) is 0 Å². The lowest BCUT2D eigenvalue weighted by molar-refractivity contribution is 0.0936. The summed E-state index contributed by atoms with van der Waals surface area (Å²) < 4.78 is 0. The quantitative estimate of drug-likeness (QED) is 0.789. The zero-order chi connectivity index (χ0) is 20.1. The first kappa shape index (κ1) is 19.0. The second-order valence-corrected chi connectivity index (χ2v) is 7.15. The van der Waals surface area contributed by atoms with Crippen molar-refractivity contribution in [1.29, 1.82) is 0 Å². The van der Waals surface area contributed by atoms with Gasteiger partial charge in [0.25, 0.3) is 5.91 Å². The molecule has 2 aliphatic rings. The summed E-state index contributed by atoms with van der Waals surface area (Å²) in [5.41, 5.74) is 2.19. The maximum Gasteiger partial charge on any atom is 0.253 e. The highest BCUT2D eigenvalue weighted by Crippen LogP contribution is 2.25. The van der Waals surface area contributed by atoms with Gasteiger partial charge >= 0.3 is 0 Å². The van der Waals surface area contributed by atoms with Crippen molar-refractivity contribution in [2.45, 2.75) is 51.1 Å². The Labute approximate surface area is 170 Å². The van der Waals surface area contributed by atoms with Gasteiger partial charge in [-0.15, -0.1) is 0 Å². The van der Waals surface area contributed by atoms with Crippen LogP contribution in [0.1, 0.15) is 48.7 Å². The van der Waals surface area contributed by atoms with Gasteiger partial charge in [0.2, 0.25) is 0 Å². The lowest BCUT2D eigenvalue weighted by atomic mass is 10.1. The number of hydrogen-bond donors (Lipinski definition) is 2. The van der Waals surface area contributed by atoms with Crippen molar-refractivity contribution in [2.75, 3.05) is 10.4 Å². The molecule has 29 heavy (non-hydrogen) atoms. The minimum absolute atomic E-state index is 0.0246. The molecule has 1 aliphatic carbocycles. The highest BCUT2D eigenvalue weighted by Gasteiger charge is 2.30. The van der Waals surface area contributed by atoms with Crippen molar-refractivity contribution in [3.8, 4) is 0 Å². The average molecular weight is 391 g/mol. The van der Waals surface area contributed by atoms with Crippen molar-refractivity contribution >= 4 is 29.8 Å². The Morgan fingerprint density at radius 3 is 2.66 bits per heavy atom. The summed E-state index contributed by atoms with van der Waals surface area (Å²) in [7, 11) is 0. The van der Waals surface area contributed by atoms with E-state index in [1.165, 1.54) is 5.12 Å². The molecule has 1 fully saturated rings. The summed E-state index contributed by atoms with van der Waals surface area (Å²) in [5, 5.41) is 16.6. The van der Waals surface area contributed by atoms with Crippen molar-refractivity contribution < 1.29 is 4.79 Å². The van der Waals surface area contributed by atoms with Crippen molar-refractivity contribution in [3.63, 3.8) is 0 Å². The minimum atomic E-state index is -0.123. The SMILES string of the molecule is CCc1cnc(NC2CCCC2NC(=O)c2ccccc2N2N=CCC=N2)cn1. The first-order valence-corrected chi connectivity index (χ1v) is 10.1. The van der Waals surface area contributed by atoms with Gasteiger partial charge in [-0.2, -0.15) is 15.3 Å². The van der Waals surface area contributed by atoms with Gasteiger partial charge in [0.15, 0.2) is 0 Å². The summed E-state index contributed by atoms with van der Waals surface area (Å²) in [5.74, 6) is 0.619. The summed E-state index contributed by atoms with van der Waals surface area (Å²) in [4.78, 5) is 21.9. The second-order valence-electron chi connectivity index (χ2n) is 7.15. The van der Waals surface area contributed by atoms with Gasteiger partial charge < -0.3 is 10.6 Å². The third kappa shape index (κ3) is 4.42. The lowest BCUT2D eigenvalue weighted by Gasteiger charge is -2.24. The normalized spacial score (nSPS) is 20.7. The zero-order valence-electron chi connectivity index (χ0n) is 16.5. The Morgan fingerprint density at radius 1 is 1.10 bits per heavy atom. The number of aryl methyl sites for hydroxylation is 1. The Hall–Kier alpha value is -3.29. The maximum atomic E-state index is 13.0. The van der Waals surface area contributed by atoms with Gasteiger partial charge in [-0.3, -0.25) is 9.78 Å². The number of benzene rings is 1. The molecular formula is C21H25N7O. The van der Waals surface area contributed by atoms with Crippen LogP contribution in [-0.2, 0) is 6.42 Å². The van der Waals surface area contributed by atoms with E-state index in [4.69, 9.17) is 0 Å². The number of nitrogens with one attached hydrogen (secondary N) is 2. The van der Waals surface area contributed by atoms with E-state index in [0.717, 1.165) is 37.2 Å². The van der Waals surface area contributed by atoms with E-state index in [-0.39, 0.29) is 18.0 Å². The van der Waals surface area contributed by atoms with Gasteiger partial charge in [0, 0.05) is 30.9 Å². The van der Waals surface area contributed by atoms with Crippen molar-refractivity contribution in [2.24, 2.45) is 10.2 Å². The molecule has 8 heteroatoms. The number of hydrazone groups is 2. The van der Waals surface area contributed by atoms with Crippen molar-refractivity contribution in [3.05, 3.63) is 47.9 Å². The van der Waals surface area contributed by atoms with Crippen LogP contribution in [0, 0.1) is 0 Å². The molecule has 2 unspecified atom stereocenters. The summed E-state index contributed by atoms with van der Waals surface area (Å²) >= 11 is 0. The fourth-order valence-corrected chi connectivity index (χ4v) is 3.64. The molecule has 1 saturated carbocycles. The molecule has 0 spiro atoms. The molecule has 0 radical (unpaired) electrons. The standard InChI is InChI=1S/C21H25N7O/c1-2-15-13-23-20(14-22-15)26-17-8-5-9-18(17)27-21(29)16-7-3-4-10-19(16)28-24-11-6-12-25-28/h3-4,7,10-14,17-18H,2,5-6,8-9H2,1H3,(H,23,26)(H,27,29). The number of amides is 1. The van der Waals surface area contributed by atoms with E-state index in [9.17, 15) is 4.79 Å². The van der Waals surface area contributed by atoms with E-state index < -0.39 is 0 Å². The topological polar surface area (TPSA) is 94.9 Å². The largest absolute Gasteiger partial charge is 0.364 e. The Balaban J connectivity index is 1.45. The number of para-hydroxylation sites is 1. The predicted molar refractivity (Wildman–Crippen MR) is 114 cm³/mol. The number of aromatic nitrogens is 2. The highest BCUT2D eigenvalue weighted by molar-refractivity contribution is 6.00. The molecule has 0 bridgehead atoms. The van der Waals surface area contributed by atoms with Crippen LogP contribution in [0.4, 0.5) is 11.5 Å². The van der Waals surface area contributed by atoms with E-state index in [1.807, 2.05) is 18.2 Å². The molecular weight excluding hydrogens is 366 g/mol. The van der Waals surface area contributed by atoms with Crippen LogP contribution >= 0.6 is 0 Å². The molecule has 2 heterocycles. The van der Waals surface area contributed by atoms with E-state index in [2.05, 4.69) is 37.7 Å². The third-order valence-electron chi connectivity index (χ3n) is 5.19. The van der Waals surface area contributed by atoms with Crippen LogP contribution in [0.2, 0.25) is 0 Å². The summed E-state index contributed by atoms with van der Waals surface area (Å²) in [6, 6.07) is 7.53. The molecule has 2 aromatic rings. The van der Waals surface area contributed by atoms with Gasteiger partial charge in [-0.25, -0.2) is 4.98 Å². The van der Waals surface area contributed by atoms with Crippen LogP contribution < -0.4 is 15.8 Å². The second kappa shape index (κ2) is 8.81. The Kier molecular flexibility index (Phi) is 5.79. The molecule has 2 N–H and O–H groups in total. The van der Waals surface area contributed by atoms with Crippen LogP contribution in [0.15, 0.2) is 46.9 Å². The molecule has 2 atom stereocenters. The third-order valence-corrected chi connectivity index (χ3v) is 5.19. The number of hydrogen-bond acceptors (Lipinski definition) is 7. The predicted octanol–water partition coefficient (Wildman–Crippen LogP) is 2.98. The smallest absolute Gasteiger partial charge is 0.253 e. The minimum Gasteiger partial charge on any atom is -0.364 e. The molecule has 0 saturated heterocycles. The zero-order valence-corrected chi connectivity index (χ0v) is 16.5. The first-order chi connectivity index (χ1) is 14.2. The van der Waals surface area contributed by atoms with Crippen LogP contribution in [0.25, 0.3) is 0 Å². The van der Waals surface area contributed by atoms with Gasteiger partial charge in [-0.05, 0) is 37.8 Å². The van der Waals surface area contributed by atoms with Gasteiger partial charge in [-0.1, -0.05) is 19.1 Å².